The van der Waals surface area contributed by atoms with Gasteiger partial charge in [-0.15, -0.1) is 11.3 Å². The second-order valence-electron chi connectivity index (χ2n) is 8.20. The number of carboxylic acids is 1. The number of aliphatic imine (C=N–C) groups is 1. The number of amides is 1. The second-order valence-corrected chi connectivity index (χ2v) is 10.8. The van der Waals surface area contributed by atoms with Crippen molar-refractivity contribution in [3.63, 3.8) is 0 Å². The van der Waals surface area contributed by atoms with Crippen molar-refractivity contribution in [1.29, 1.82) is 0 Å². The quantitative estimate of drug-likeness (QED) is 0.101. The van der Waals surface area contributed by atoms with Gasteiger partial charge in [-0.25, -0.2) is 18.2 Å². The molecule has 1 amide bonds. The van der Waals surface area contributed by atoms with Crippen LogP contribution in [-0.2, 0) is 21.4 Å². The van der Waals surface area contributed by atoms with Gasteiger partial charge in [0.1, 0.15) is 22.4 Å². The van der Waals surface area contributed by atoms with Crippen LogP contribution in [0.5, 0.6) is 0 Å². The molecule has 0 unspecified atom stereocenters. The summed E-state index contributed by atoms with van der Waals surface area (Å²) in [5, 5.41) is 16.5. The van der Waals surface area contributed by atoms with Gasteiger partial charge < -0.3 is 31.6 Å². The minimum atomic E-state index is -4.07. The molecule has 1 atom stereocenters. The van der Waals surface area contributed by atoms with E-state index in [-0.39, 0.29) is 34.4 Å². The van der Waals surface area contributed by atoms with Gasteiger partial charge in [-0.1, -0.05) is 6.07 Å². The maximum atomic E-state index is 13.1. The lowest BCUT2D eigenvalue weighted by molar-refractivity contribution is -0.139. The number of aliphatic carboxylic acids is 1. The molecule has 8 N–H and O–H groups in total. The van der Waals surface area contributed by atoms with Crippen LogP contribution in [0.3, 0.4) is 0 Å². The molecular formula is C23H29N7O6S2. The van der Waals surface area contributed by atoms with E-state index in [4.69, 9.17) is 15.9 Å². The number of sulfonamides is 1. The number of aromatic nitrogens is 1. The van der Waals surface area contributed by atoms with Crippen LogP contribution in [0.2, 0.25) is 0 Å². The van der Waals surface area contributed by atoms with Gasteiger partial charge in [-0.2, -0.15) is 0 Å². The van der Waals surface area contributed by atoms with Crippen molar-refractivity contribution in [2.45, 2.75) is 44.2 Å². The summed E-state index contributed by atoms with van der Waals surface area (Å²) in [6, 6.07) is 6.39. The molecule has 3 aromatic rings. The number of thiophene rings is 1. The van der Waals surface area contributed by atoms with Gasteiger partial charge in [-0.3, -0.25) is 14.5 Å². The summed E-state index contributed by atoms with van der Waals surface area (Å²) in [4.78, 5) is 32.5. The molecule has 0 aliphatic rings. The monoisotopic (exact) mass is 563 g/mol. The lowest BCUT2D eigenvalue weighted by atomic mass is 10.1. The number of rotatable bonds is 13. The maximum absolute atomic E-state index is 13.1. The molecule has 0 radical (unpaired) electrons. The third kappa shape index (κ3) is 7.69. The van der Waals surface area contributed by atoms with E-state index in [9.17, 15) is 23.1 Å². The molecular weight excluding hydrogens is 534 g/mol. The average molecular weight is 564 g/mol. The predicted octanol–water partition coefficient (Wildman–Crippen LogP) is 2.00. The number of nitrogens with one attached hydrogen (secondary N) is 3. The molecule has 2 heterocycles. The Morgan fingerprint density at radius 3 is 2.66 bits per heavy atom. The zero-order valence-electron chi connectivity index (χ0n) is 20.7. The average Bonchev–Trinajstić information content (AvgIpc) is 3.44. The van der Waals surface area contributed by atoms with Crippen molar-refractivity contribution < 1.29 is 27.5 Å². The van der Waals surface area contributed by atoms with Gasteiger partial charge in [0, 0.05) is 19.2 Å². The summed E-state index contributed by atoms with van der Waals surface area (Å²) in [6.45, 7) is 4.08. The zero-order chi connectivity index (χ0) is 27.9. The highest BCUT2D eigenvalue weighted by Crippen LogP contribution is 2.26. The van der Waals surface area contributed by atoms with Crippen LogP contribution >= 0.6 is 11.3 Å². The molecule has 38 heavy (non-hydrogen) atoms. The summed E-state index contributed by atoms with van der Waals surface area (Å²) in [6.07, 6.45) is 0.400. The van der Waals surface area contributed by atoms with E-state index >= 15 is 0 Å². The summed E-state index contributed by atoms with van der Waals surface area (Å²) >= 11 is 0.977. The number of carbonyl (C=O) groups excluding carboxylic acids is 1. The normalized spacial score (nSPS) is 11.9. The molecule has 13 nitrogen and oxygen atoms in total. The molecule has 0 aliphatic heterocycles. The smallest absolute Gasteiger partial charge is 0.326 e. The first-order valence-corrected chi connectivity index (χ1v) is 13.8. The summed E-state index contributed by atoms with van der Waals surface area (Å²) in [5.74, 6) is -0.862. The van der Waals surface area contributed by atoms with Crippen LogP contribution in [-0.4, -0.2) is 48.9 Å². The van der Waals surface area contributed by atoms with Crippen LogP contribution in [0, 0.1) is 13.8 Å². The first-order valence-electron chi connectivity index (χ1n) is 11.4. The number of benzene rings is 1. The summed E-state index contributed by atoms with van der Waals surface area (Å²) in [5.41, 5.74) is 11.8. The number of carbonyl (C=O) groups is 2. The van der Waals surface area contributed by atoms with Crippen molar-refractivity contribution in [3.8, 4) is 0 Å². The first-order chi connectivity index (χ1) is 18.0. The molecule has 3 rings (SSSR count). The van der Waals surface area contributed by atoms with E-state index in [1.54, 1.807) is 26.0 Å². The summed E-state index contributed by atoms with van der Waals surface area (Å²) < 4.78 is 34.0. The number of nitrogens with zero attached hydrogens (tertiary/aromatic N) is 2. The molecule has 204 valence electrons. The third-order valence-electron chi connectivity index (χ3n) is 5.27. The van der Waals surface area contributed by atoms with Crippen molar-refractivity contribution in [3.05, 3.63) is 57.9 Å². The largest absolute Gasteiger partial charge is 0.480 e. The number of guanidine groups is 1. The topological polar surface area (TPSA) is 215 Å². The van der Waals surface area contributed by atoms with E-state index < -0.39 is 27.9 Å². The number of aryl methyl sites for hydroxylation is 2. The standard InChI is InChI=1S/C23H29N7O6S2/c1-13-19(28-14(2)36-13)12-27-15-5-3-6-16(11-15)38(34,35)30-17-8-10-37-20(17)21(31)29-18(22(32)33)7-4-9-26-23(24)25/h3,5-6,8,10-11,18,27,30H,4,7,9,12H2,1-2H3,(H,29,31)(H,32,33)(H4,24,25,26)/t18-/m0/s1. The van der Waals surface area contributed by atoms with Crippen LogP contribution in [0.25, 0.3) is 0 Å². The van der Waals surface area contributed by atoms with Crippen molar-refractivity contribution >= 4 is 50.6 Å². The van der Waals surface area contributed by atoms with E-state index in [1.165, 1.54) is 23.6 Å². The van der Waals surface area contributed by atoms with Crippen LogP contribution < -0.4 is 26.8 Å². The van der Waals surface area contributed by atoms with Crippen LogP contribution in [0.1, 0.15) is 39.9 Å². The van der Waals surface area contributed by atoms with E-state index in [0.29, 0.717) is 36.0 Å². The minimum absolute atomic E-state index is 0.0233. The molecule has 0 spiro atoms. The highest BCUT2D eigenvalue weighted by Gasteiger charge is 2.25. The number of carboxylic acid groups (broad SMARTS) is 1. The number of hydrogen-bond acceptors (Lipinski definition) is 9. The Balaban J connectivity index is 1.68. The number of hydrogen-bond donors (Lipinski definition) is 6. The Kier molecular flexibility index (Phi) is 9.30. The Morgan fingerprint density at radius 2 is 2.00 bits per heavy atom. The van der Waals surface area contributed by atoms with Gasteiger partial charge in [-0.05, 0) is 49.4 Å². The number of anilines is 2. The van der Waals surface area contributed by atoms with Crippen LogP contribution in [0.15, 0.2) is 50.0 Å². The van der Waals surface area contributed by atoms with Crippen molar-refractivity contribution in [1.82, 2.24) is 10.3 Å². The Labute approximate surface area is 223 Å². The van der Waals surface area contributed by atoms with E-state index in [0.717, 1.165) is 11.3 Å². The summed E-state index contributed by atoms with van der Waals surface area (Å²) in [7, 11) is -4.07. The predicted molar refractivity (Wildman–Crippen MR) is 144 cm³/mol. The van der Waals surface area contributed by atoms with Crippen molar-refractivity contribution in [2.75, 3.05) is 16.6 Å². The third-order valence-corrected chi connectivity index (χ3v) is 7.54. The van der Waals surface area contributed by atoms with Gasteiger partial charge in [0.25, 0.3) is 15.9 Å². The Morgan fingerprint density at radius 1 is 1.24 bits per heavy atom. The van der Waals surface area contributed by atoms with E-state index in [2.05, 4.69) is 25.3 Å². The lowest BCUT2D eigenvalue weighted by Crippen LogP contribution is -2.40. The molecule has 0 saturated heterocycles. The van der Waals surface area contributed by atoms with Crippen molar-refractivity contribution in [2.24, 2.45) is 16.5 Å². The number of nitrogens with two attached hydrogens (primary N) is 2. The highest BCUT2D eigenvalue weighted by atomic mass is 32.2. The van der Waals surface area contributed by atoms with Gasteiger partial charge in [0.15, 0.2) is 11.9 Å². The fourth-order valence-corrected chi connectivity index (χ4v) is 5.38. The fraction of sp³-hybridized carbons (Fsp3) is 0.304. The minimum Gasteiger partial charge on any atom is -0.480 e. The fourth-order valence-electron chi connectivity index (χ4n) is 3.45. The molecule has 0 bridgehead atoms. The van der Waals surface area contributed by atoms with Gasteiger partial charge in [0.05, 0.1) is 17.1 Å². The molecule has 1 aromatic carbocycles. The van der Waals surface area contributed by atoms with Gasteiger partial charge >= 0.3 is 5.97 Å². The second kappa shape index (κ2) is 12.4. The molecule has 0 fully saturated rings. The lowest BCUT2D eigenvalue weighted by Gasteiger charge is -2.15. The molecule has 2 aromatic heterocycles. The maximum Gasteiger partial charge on any atom is 0.326 e. The zero-order valence-corrected chi connectivity index (χ0v) is 22.4. The number of oxazole rings is 1. The van der Waals surface area contributed by atoms with Gasteiger partial charge in [0.2, 0.25) is 0 Å². The molecule has 0 saturated carbocycles. The molecule has 0 aliphatic carbocycles. The Bertz CT molecular complexity index is 1430. The Hall–Kier alpha value is -4.11. The van der Waals surface area contributed by atoms with E-state index in [1.807, 2.05) is 0 Å². The van der Waals surface area contributed by atoms with Crippen LogP contribution in [0.4, 0.5) is 11.4 Å². The molecule has 15 heteroatoms. The SMILES string of the molecule is Cc1nc(CNc2cccc(S(=O)(=O)Nc3ccsc3C(=O)N[C@@H](CCCN=C(N)N)C(=O)O)c2)c(C)o1. The first kappa shape index (κ1) is 28.5. The highest BCUT2D eigenvalue weighted by molar-refractivity contribution is 7.92.